The molecule has 1 heterocycles. The molecule has 0 aliphatic heterocycles. The molecule has 3 aromatic rings. The summed E-state index contributed by atoms with van der Waals surface area (Å²) in [5.74, 6) is -1.37. The molecule has 0 spiro atoms. The number of benzene rings is 2. The van der Waals surface area contributed by atoms with Gasteiger partial charge in [0.1, 0.15) is 0 Å². The highest BCUT2D eigenvalue weighted by molar-refractivity contribution is 7.12. The van der Waals surface area contributed by atoms with Gasteiger partial charge in [-0.3, -0.25) is 14.4 Å². The molecule has 0 aliphatic carbocycles. The summed E-state index contributed by atoms with van der Waals surface area (Å²) in [6, 6.07) is 16.1. The van der Waals surface area contributed by atoms with Gasteiger partial charge in [-0.2, -0.15) is 0 Å². The average Bonchev–Trinajstić information content (AvgIpc) is 3.33. The number of carbonyl (C=O) groups excluding carboxylic acids is 4. The van der Waals surface area contributed by atoms with Crippen molar-refractivity contribution in [1.82, 2.24) is 0 Å². The standard InChI is InChI=1S/C25H24N2O5S/c1-25(2,3)24(31)27-19-10-6-16(7-11-19)20(28)15-32-23(30)17-8-12-18(13-9-17)26-22(29)21-5-4-14-33-21/h4-14H,15H2,1-3H3,(H,26,29)(H,27,31). The molecular formula is C25H24N2O5S. The summed E-state index contributed by atoms with van der Waals surface area (Å²) in [6.07, 6.45) is 0. The van der Waals surface area contributed by atoms with Gasteiger partial charge < -0.3 is 15.4 Å². The minimum Gasteiger partial charge on any atom is -0.454 e. The van der Waals surface area contributed by atoms with Crippen LogP contribution in [0.5, 0.6) is 0 Å². The van der Waals surface area contributed by atoms with Gasteiger partial charge in [-0.25, -0.2) is 4.79 Å². The maximum Gasteiger partial charge on any atom is 0.338 e. The lowest BCUT2D eigenvalue weighted by Crippen LogP contribution is -2.27. The van der Waals surface area contributed by atoms with Gasteiger partial charge in [-0.05, 0) is 60.0 Å². The van der Waals surface area contributed by atoms with E-state index in [0.29, 0.717) is 21.8 Å². The highest BCUT2D eigenvalue weighted by atomic mass is 32.1. The molecule has 3 rings (SSSR count). The molecule has 2 N–H and O–H groups in total. The van der Waals surface area contributed by atoms with E-state index >= 15 is 0 Å². The highest BCUT2D eigenvalue weighted by Crippen LogP contribution is 2.18. The fraction of sp³-hybridized carbons (Fsp3) is 0.200. The van der Waals surface area contributed by atoms with Gasteiger partial charge in [-0.15, -0.1) is 11.3 Å². The Bertz CT molecular complexity index is 1150. The number of Topliss-reactive ketones (excluding diaryl/α,β-unsaturated/α-hetero) is 1. The van der Waals surface area contributed by atoms with Crippen molar-refractivity contribution in [1.29, 1.82) is 0 Å². The molecule has 170 valence electrons. The third-order valence-corrected chi connectivity index (χ3v) is 5.47. The number of rotatable bonds is 7. The molecule has 2 amide bonds. The van der Waals surface area contributed by atoms with Crippen LogP contribution in [-0.4, -0.2) is 30.2 Å². The Kier molecular flexibility index (Phi) is 7.40. The molecule has 0 saturated heterocycles. The number of thiophene rings is 1. The SMILES string of the molecule is CC(C)(C)C(=O)Nc1ccc(C(=O)COC(=O)c2ccc(NC(=O)c3cccs3)cc2)cc1. The van der Waals surface area contributed by atoms with E-state index in [2.05, 4.69) is 10.6 Å². The lowest BCUT2D eigenvalue weighted by Gasteiger charge is -2.17. The minimum absolute atomic E-state index is 0.132. The van der Waals surface area contributed by atoms with Crippen LogP contribution in [-0.2, 0) is 9.53 Å². The second-order valence-corrected chi connectivity index (χ2v) is 9.24. The monoisotopic (exact) mass is 464 g/mol. The number of hydrogen-bond donors (Lipinski definition) is 2. The predicted molar refractivity (Wildman–Crippen MR) is 128 cm³/mol. The first-order chi connectivity index (χ1) is 15.6. The van der Waals surface area contributed by atoms with Crippen LogP contribution < -0.4 is 10.6 Å². The Hall–Kier alpha value is -3.78. The molecule has 8 heteroatoms. The lowest BCUT2D eigenvalue weighted by molar-refractivity contribution is -0.123. The van der Waals surface area contributed by atoms with Gasteiger partial charge in [0.05, 0.1) is 10.4 Å². The van der Waals surface area contributed by atoms with Crippen LogP contribution in [0.1, 0.15) is 51.2 Å². The summed E-state index contributed by atoms with van der Waals surface area (Å²) in [6.45, 7) is 5.01. The maximum atomic E-state index is 12.4. The summed E-state index contributed by atoms with van der Waals surface area (Å²) < 4.78 is 5.12. The van der Waals surface area contributed by atoms with E-state index < -0.39 is 18.0 Å². The first-order valence-corrected chi connectivity index (χ1v) is 11.1. The van der Waals surface area contributed by atoms with Crippen LogP contribution in [0, 0.1) is 5.41 Å². The third-order valence-electron chi connectivity index (χ3n) is 4.60. The van der Waals surface area contributed by atoms with Crippen LogP contribution in [0.4, 0.5) is 11.4 Å². The van der Waals surface area contributed by atoms with Gasteiger partial charge in [0, 0.05) is 22.4 Å². The van der Waals surface area contributed by atoms with Crippen LogP contribution in [0.25, 0.3) is 0 Å². The van der Waals surface area contributed by atoms with Crippen LogP contribution in [0.15, 0.2) is 66.0 Å². The second-order valence-electron chi connectivity index (χ2n) is 8.29. The van der Waals surface area contributed by atoms with Gasteiger partial charge in [-0.1, -0.05) is 26.8 Å². The number of nitrogens with one attached hydrogen (secondary N) is 2. The molecule has 0 unspecified atom stereocenters. The molecule has 33 heavy (non-hydrogen) atoms. The Balaban J connectivity index is 1.51. The van der Waals surface area contributed by atoms with Gasteiger partial charge in [0.25, 0.3) is 5.91 Å². The number of carbonyl (C=O) groups is 4. The molecule has 0 fully saturated rings. The van der Waals surface area contributed by atoms with Crippen molar-refractivity contribution in [3.05, 3.63) is 82.0 Å². The zero-order chi connectivity index (χ0) is 24.0. The van der Waals surface area contributed by atoms with Crippen molar-refractivity contribution < 1.29 is 23.9 Å². The zero-order valence-electron chi connectivity index (χ0n) is 18.5. The Morgan fingerprint density at radius 1 is 0.818 bits per heavy atom. The minimum atomic E-state index is -0.645. The Morgan fingerprint density at radius 2 is 1.39 bits per heavy atom. The fourth-order valence-electron chi connectivity index (χ4n) is 2.65. The summed E-state index contributed by atoms with van der Waals surface area (Å²) in [4.78, 5) is 49.3. The van der Waals surface area contributed by atoms with Crippen LogP contribution in [0.3, 0.4) is 0 Å². The summed E-state index contributed by atoms with van der Waals surface area (Å²) in [7, 11) is 0. The maximum absolute atomic E-state index is 12.4. The van der Waals surface area contributed by atoms with Crippen molar-refractivity contribution >= 4 is 46.3 Å². The first-order valence-electron chi connectivity index (χ1n) is 10.2. The largest absolute Gasteiger partial charge is 0.454 e. The first kappa shape index (κ1) is 23.9. The second kappa shape index (κ2) is 10.2. The topological polar surface area (TPSA) is 102 Å². The number of esters is 1. The van der Waals surface area contributed by atoms with Crippen molar-refractivity contribution in [2.24, 2.45) is 5.41 Å². The van der Waals surface area contributed by atoms with Crippen molar-refractivity contribution in [2.45, 2.75) is 20.8 Å². The molecule has 0 aliphatic rings. The van der Waals surface area contributed by atoms with Crippen LogP contribution in [0.2, 0.25) is 0 Å². The van der Waals surface area contributed by atoms with E-state index in [1.165, 1.54) is 23.5 Å². The molecule has 0 radical (unpaired) electrons. The van der Waals surface area contributed by atoms with E-state index in [9.17, 15) is 19.2 Å². The highest BCUT2D eigenvalue weighted by Gasteiger charge is 2.21. The van der Waals surface area contributed by atoms with Crippen molar-refractivity contribution in [2.75, 3.05) is 17.2 Å². The molecule has 0 bridgehead atoms. The molecule has 0 saturated carbocycles. The Labute approximate surface area is 195 Å². The number of ether oxygens (including phenoxy) is 1. The van der Waals surface area contributed by atoms with Crippen LogP contribution >= 0.6 is 11.3 Å². The van der Waals surface area contributed by atoms with Gasteiger partial charge in [0.15, 0.2) is 12.4 Å². The lowest BCUT2D eigenvalue weighted by atomic mass is 9.95. The zero-order valence-corrected chi connectivity index (χ0v) is 19.3. The van der Waals surface area contributed by atoms with E-state index in [-0.39, 0.29) is 23.2 Å². The molecular weight excluding hydrogens is 440 g/mol. The number of amides is 2. The number of hydrogen-bond acceptors (Lipinski definition) is 6. The van der Waals surface area contributed by atoms with E-state index in [4.69, 9.17) is 4.74 Å². The third kappa shape index (κ3) is 6.60. The molecule has 2 aromatic carbocycles. The average molecular weight is 465 g/mol. The van der Waals surface area contributed by atoms with Crippen molar-refractivity contribution in [3.8, 4) is 0 Å². The van der Waals surface area contributed by atoms with E-state index in [0.717, 1.165) is 0 Å². The molecule has 7 nitrogen and oxygen atoms in total. The summed E-state index contributed by atoms with van der Waals surface area (Å²) >= 11 is 1.33. The summed E-state index contributed by atoms with van der Waals surface area (Å²) in [5.41, 5.74) is 1.21. The van der Waals surface area contributed by atoms with Crippen molar-refractivity contribution in [3.63, 3.8) is 0 Å². The number of ketones is 1. The van der Waals surface area contributed by atoms with E-state index in [1.54, 1.807) is 48.5 Å². The van der Waals surface area contributed by atoms with Gasteiger partial charge >= 0.3 is 5.97 Å². The fourth-order valence-corrected chi connectivity index (χ4v) is 3.26. The molecule has 0 atom stereocenters. The predicted octanol–water partition coefficient (Wildman–Crippen LogP) is 5.02. The number of anilines is 2. The Morgan fingerprint density at radius 3 is 1.94 bits per heavy atom. The van der Waals surface area contributed by atoms with Gasteiger partial charge in [0.2, 0.25) is 5.91 Å². The summed E-state index contributed by atoms with van der Waals surface area (Å²) in [5, 5.41) is 7.34. The van der Waals surface area contributed by atoms with E-state index in [1.807, 2.05) is 26.2 Å². The molecule has 1 aromatic heterocycles. The smallest absolute Gasteiger partial charge is 0.338 e. The normalized spacial score (nSPS) is 10.9. The quantitative estimate of drug-likeness (QED) is 0.377.